The summed E-state index contributed by atoms with van der Waals surface area (Å²) < 4.78 is 5.12. The Hall–Kier alpha value is -1.75. The molecule has 1 unspecified atom stereocenters. The van der Waals surface area contributed by atoms with Gasteiger partial charge in [0.1, 0.15) is 5.75 Å². The van der Waals surface area contributed by atoms with Gasteiger partial charge in [0, 0.05) is 0 Å². The Morgan fingerprint density at radius 3 is 2.37 bits per heavy atom. The number of hydroxylamine groups is 1. The summed E-state index contributed by atoms with van der Waals surface area (Å²) >= 11 is 0. The summed E-state index contributed by atoms with van der Waals surface area (Å²) in [6.45, 7) is 6.34. The summed E-state index contributed by atoms with van der Waals surface area (Å²) in [4.78, 5) is 16.5. The van der Waals surface area contributed by atoms with Gasteiger partial charge in [0.15, 0.2) is 0 Å². The molecule has 2 amide bonds. The van der Waals surface area contributed by atoms with E-state index in [9.17, 15) is 4.79 Å². The van der Waals surface area contributed by atoms with Crippen molar-refractivity contribution in [2.24, 2.45) is 5.92 Å². The number of carbonyl (C=O) groups excluding carboxylic acids is 1. The minimum atomic E-state index is -0.337. The van der Waals surface area contributed by atoms with Crippen molar-refractivity contribution in [2.75, 3.05) is 13.7 Å². The van der Waals surface area contributed by atoms with E-state index in [0.717, 1.165) is 11.3 Å². The fourth-order valence-corrected chi connectivity index (χ4v) is 1.75. The predicted octanol–water partition coefficient (Wildman–Crippen LogP) is 2.64. The van der Waals surface area contributed by atoms with Crippen molar-refractivity contribution in [3.05, 3.63) is 29.8 Å². The van der Waals surface area contributed by atoms with Gasteiger partial charge in [0.05, 0.1) is 19.8 Å². The number of nitrogens with one attached hydrogen (secondary N) is 2. The van der Waals surface area contributed by atoms with Crippen LogP contribution in [0.1, 0.15) is 32.4 Å². The maximum Gasteiger partial charge on any atom is 0.339 e. The molecule has 0 saturated heterocycles. The maximum atomic E-state index is 11.6. The standard InChI is InChI=1S/C14H22N2O3/c1-5-19-16-14(17)15-13(10(2)3)11-6-8-12(18-4)9-7-11/h6-10,13H,5H2,1-4H3,(H2,15,16,17). The van der Waals surface area contributed by atoms with E-state index < -0.39 is 0 Å². The molecule has 5 nitrogen and oxygen atoms in total. The lowest BCUT2D eigenvalue weighted by atomic mass is 9.96. The van der Waals surface area contributed by atoms with E-state index in [-0.39, 0.29) is 18.0 Å². The Morgan fingerprint density at radius 2 is 1.89 bits per heavy atom. The molecule has 0 aromatic heterocycles. The van der Waals surface area contributed by atoms with E-state index in [4.69, 9.17) is 9.57 Å². The maximum absolute atomic E-state index is 11.6. The minimum absolute atomic E-state index is 0.0774. The average molecular weight is 266 g/mol. The summed E-state index contributed by atoms with van der Waals surface area (Å²) in [5.74, 6) is 1.06. The van der Waals surface area contributed by atoms with Crippen LogP contribution in [0.25, 0.3) is 0 Å². The normalized spacial score (nSPS) is 12.1. The molecule has 1 aromatic rings. The molecule has 2 N–H and O–H groups in total. The molecule has 1 atom stereocenters. The highest BCUT2D eigenvalue weighted by molar-refractivity contribution is 5.73. The molecule has 5 heteroatoms. The lowest BCUT2D eigenvalue weighted by molar-refractivity contribution is 0.0688. The van der Waals surface area contributed by atoms with Gasteiger partial charge in [-0.3, -0.25) is 4.84 Å². The van der Waals surface area contributed by atoms with E-state index >= 15 is 0 Å². The van der Waals surface area contributed by atoms with Gasteiger partial charge in [0.25, 0.3) is 0 Å². The molecule has 1 aromatic carbocycles. The molecule has 0 aliphatic carbocycles. The van der Waals surface area contributed by atoms with Gasteiger partial charge in [-0.25, -0.2) is 10.3 Å². The highest BCUT2D eigenvalue weighted by atomic mass is 16.7. The smallest absolute Gasteiger partial charge is 0.339 e. The number of methoxy groups -OCH3 is 1. The van der Waals surface area contributed by atoms with Gasteiger partial charge in [0.2, 0.25) is 0 Å². The van der Waals surface area contributed by atoms with Crippen molar-refractivity contribution < 1.29 is 14.4 Å². The molecule has 0 bridgehead atoms. The van der Waals surface area contributed by atoms with Crippen molar-refractivity contribution >= 4 is 6.03 Å². The summed E-state index contributed by atoms with van der Waals surface area (Å²) in [7, 11) is 1.63. The topological polar surface area (TPSA) is 59.6 Å². The molecule has 0 fully saturated rings. The molecule has 0 aliphatic heterocycles. The minimum Gasteiger partial charge on any atom is -0.497 e. The fourth-order valence-electron chi connectivity index (χ4n) is 1.75. The number of urea groups is 1. The fraction of sp³-hybridized carbons (Fsp3) is 0.500. The molecule has 0 radical (unpaired) electrons. The number of benzene rings is 1. The van der Waals surface area contributed by atoms with Gasteiger partial charge in [-0.15, -0.1) is 0 Å². The van der Waals surface area contributed by atoms with Crippen molar-refractivity contribution in [3.8, 4) is 5.75 Å². The molecular weight excluding hydrogens is 244 g/mol. The van der Waals surface area contributed by atoms with Crippen LogP contribution in [0.15, 0.2) is 24.3 Å². The zero-order valence-corrected chi connectivity index (χ0v) is 11.9. The second-order valence-corrected chi connectivity index (χ2v) is 4.50. The van der Waals surface area contributed by atoms with E-state index in [1.165, 1.54) is 0 Å². The Kier molecular flexibility index (Phi) is 6.15. The van der Waals surface area contributed by atoms with Crippen LogP contribution in [0.4, 0.5) is 4.79 Å². The molecule has 0 spiro atoms. The Morgan fingerprint density at radius 1 is 1.26 bits per heavy atom. The molecule has 106 valence electrons. The van der Waals surface area contributed by atoms with Crippen molar-refractivity contribution in [3.63, 3.8) is 0 Å². The lowest BCUT2D eigenvalue weighted by Crippen LogP contribution is -2.39. The van der Waals surface area contributed by atoms with E-state index in [0.29, 0.717) is 6.61 Å². The van der Waals surface area contributed by atoms with Crippen molar-refractivity contribution in [2.45, 2.75) is 26.8 Å². The Balaban J connectivity index is 2.73. The quantitative estimate of drug-likeness (QED) is 0.778. The van der Waals surface area contributed by atoms with E-state index in [2.05, 4.69) is 24.6 Å². The first-order valence-corrected chi connectivity index (χ1v) is 6.40. The summed E-state index contributed by atoms with van der Waals surface area (Å²) in [5.41, 5.74) is 3.37. The second-order valence-electron chi connectivity index (χ2n) is 4.50. The number of hydrogen-bond acceptors (Lipinski definition) is 3. The van der Waals surface area contributed by atoms with Crippen molar-refractivity contribution in [1.82, 2.24) is 10.8 Å². The van der Waals surface area contributed by atoms with Crippen LogP contribution in [-0.2, 0) is 4.84 Å². The number of rotatable bonds is 6. The third-order valence-corrected chi connectivity index (χ3v) is 2.74. The van der Waals surface area contributed by atoms with Crippen LogP contribution < -0.4 is 15.5 Å². The largest absolute Gasteiger partial charge is 0.497 e. The number of ether oxygens (including phenoxy) is 1. The van der Waals surface area contributed by atoms with Crippen LogP contribution >= 0.6 is 0 Å². The third-order valence-electron chi connectivity index (χ3n) is 2.74. The highest BCUT2D eigenvalue weighted by Crippen LogP contribution is 2.23. The first kappa shape index (κ1) is 15.3. The highest BCUT2D eigenvalue weighted by Gasteiger charge is 2.18. The predicted molar refractivity (Wildman–Crippen MR) is 73.9 cm³/mol. The second kappa shape index (κ2) is 7.63. The number of amides is 2. The first-order chi connectivity index (χ1) is 9.08. The van der Waals surface area contributed by atoms with Gasteiger partial charge in [-0.2, -0.15) is 0 Å². The van der Waals surface area contributed by atoms with Gasteiger partial charge in [-0.1, -0.05) is 26.0 Å². The van der Waals surface area contributed by atoms with Crippen LogP contribution in [0.2, 0.25) is 0 Å². The molecule has 0 saturated carbocycles. The average Bonchev–Trinajstić information content (AvgIpc) is 2.42. The van der Waals surface area contributed by atoms with E-state index in [1.54, 1.807) is 7.11 Å². The summed E-state index contributed by atoms with van der Waals surface area (Å²) in [5, 5.41) is 2.89. The molecule has 0 heterocycles. The first-order valence-electron chi connectivity index (χ1n) is 6.40. The summed E-state index contributed by atoms with van der Waals surface area (Å²) in [6, 6.07) is 7.25. The van der Waals surface area contributed by atoms with Crippen LogP contribution in [0, 0.1) is 5.92 Å². The zero-order valence-electron chi connectivity index (χ0n) is 11.9. The van der Waals surface area contributed by atoms with E-state index in [1.807, 2.05) is 31.2 Å². The Labute approximate surface area is 114 Å². The summed E-state index contributed by atoms with van der Waals surface area (Å²) in [6.07, 6.45) is 0. The monoisotopic (exact) mass is 266 g/mol. The molecular formula is C14H22N2O3. The Bertz CT molecular complexity index is 390. The lowest BCUT2D eigenvalue weighted by Gasteiger charge is -2.23. The van der Waals surface area contributed by atoms with Crippen LogP contribution in [0.5, 0.6) is 5.75 Å². The van der Waals surface area contributed by atoms with Gasteiger partial charge in [-0.05, 0) is 30.5 Å². The molecule has 1 rings (SSSR count). The zero-order chi connectivity index (χ0) is 14.3. The van der Waals surface area contributed by atoms with Crippen molar-refractivity contribution in [1.29, 1.82) is 0 Å². The number of carbonyl (C=O) groups is 1. The number of hydrogen-bond donors (Lipinski definition) is 2. The van der Waals surface area contributed by atoms with Crippen LogP contribution in [-0.4, -0.2) is 19.7 Å². The third kappa shape index (κ3) is 4.79. The SMILES string of the molecule is CCONC(=O)NC(c1ccc(OC)cc1)C(C)C. The van der Waals surface area contributed by atoms with Gasteiger partial charge >= 0.3 is 6.03 Å². The molecule has 0 aliphatic rings. The van der Waals surface area contributed by atoms with Gasteiger partial charge < -0.3 is 10.1 Å². The molecule has 19 heavy (non-hydrogen) atoms. The van der Waals surface area contributed by atoms with Crippen LogP contribution in [0.3, 0.4) is 0 Å².